The van der Waals surface area contributed by atoms with Gasteiger partial charge in [-0.25, -0.2) is 14.4 Å². The Labute approximate surface area is 282 Å². The third-order valence-corrected chi connectivity index (χ3v) is 10.0. The van der Waals surface area contributed by atoms with E-state index in [2.05, 4.69) is 20.2 Å². The smallest absolute Gasteiger partial charge is 0.309 e. The number of thiazole rings is 1. The molecule has 1 fully saturated rings. The number of ether oxygens (including phenoxy) is 1. The van der Waals surface area contributed by atoms with Gasteiger partial charge >= 0.3 is 5.97 Å². The van der Waals surface area contributed by atoms with Crippen LogP contribution in [0.2, 0.25) is 0 Å². The fraction of sp³-hybridized carbons (Fsp3) is 0.417. The SMILES string of the molecule is CC(C)(C)OC(=O)C1CCCN(c2ccc(-c3cc(F)c4c(c3)C(=O)N(C(C(=O)Nc3nccs3)c3ncn5c3CCC5)C4)cc2)CC1. The molecule has 4 aromatic rings. The molecule has 2 amide bonds. The summed E-state index contributed by atoms with van der Waals surface area (Å²) in [5.41, 5.74) is 3.84. The maximum atomic E-state index is 15.8. The van der Waals surface area contributed by atoms with E-state index in [1.165, 1.54) is 22.3 Å². The first-order valence-electron chi connectivity index (χ1n) is 16.5. The average Bonchev–Trinajstić information content (AvgIpc) is 3.83. The first-order chi connectivity index (χ1) is 23.1. The van der Waals surface area contributed by atoms with E-state index in [9.17, 15) is 14.4 Å². The van der Waals surface area contributed by atoms with Gasteiger partial charge in [-0.3, -0.25) is 19.7 Å². The largest absolute Gasteiger partial charge is 0.460 e. The molecule has 48 heavy (non-hydrogen) atoms. The lowest BCUT2D eigenvalue weighted by Crippen LogP contribution is -2.38. The van der Waals surface area contributed by atoms with Crippen molar-refractivity contribution in [2.75, 3.05) is 23.3 Å². The molecule has 2 aromatic heterocycles. The van der Waals surface area contributed by atoms with Gasteiger partial charge in [-0.05, 0) is 88.3 Å². The summed E-state index contributed by atoms with van der Waals surface area (Å²) in [6.07, 6.45) is 7.38. The van der Waals surface area contributed by atoms with Crippen LogP contribution in [0, 0.1) is 11.7 Å². The number of fused-ring (bicyclic) bond motifs is 2. The van der Waals surface area contributed by atoms with Gasteiger partial charge < -0.3 is 19.1 Å². The minimum atomic E-state index is -1.03. The van der Waals surface area contributed by atoms with Crippen LogP contribution in [-0.2, 0) is 33.8 Å². The Balaban J connectivity index is 1.10. The number of halogens is 1. The Morgan fingerprint density at radius 3 is 2.60 bits per heavy atom. The molecule has 2 aromatic carbocycles. The molecule has 0 bridgehead atoms. The van der Waals surface area contributed by atoms with Crippen LogP contribution in [0.25, 0.3) is 11.1 Å². The molecule has 7 rings (SSSR count). The third kappa shape index (κ3) is 6.33. The van der Waals surface area contributed by atoms with Gasteiger partial charge in [0, 0.05) is 53.7 Å². The van der Waals surface area contributed by atoms with Crippen LogP contribution in [0.5, 0.6) is 0 Å². The van der Waals surface area contributed by atoms with Crippen LogP contribution in [0.3, 0.4) is 0 Å². The number of nitrogens with one attached hydrogen (secondary N) is 1. The summed E-state index contributed by atoms with van der Waals surface area (Å²) < 4.78 is 23.4. The van der Waals surface area contributed by atoms with E-state index in [1.807, 2.05) is 49.6 Å². The highest BCUT2D eigenvalue weighted by molar-refractivity contribution is 7.13. The van der Waals surface area contributed by atoms with Gasteiger partial charge in [0.1, 0.15) is 11.4 Å². The van der Waals surface area contributed by atoms with Gasteiger partial charge in [-0.15, -0.1) is 11.3 Å². The maximum Gasteiger partial charge on any atom is 0.309 e. The van der Waals surface area contributed by atoms with E-state index in [0.29, 0.717) is 16.4 Å². The lowest BCUT2D eigenvalue weighted by Gasteiger charge is -2.26. The van der Waals surface area contributed by atoms with E-state index >= 15 is 4.39 Å². The molecule has 0 aliphatic carbocycles. The summed E-state index contributed by atoms with van der Waals surface area (Å²) >= 11 is 1.28. The standard InChI is InChI=1S/C36H39FN6O4S/c1-36(2,3)47-34(46)23-6-4-14-41(16-12-23)25-10-8-22(9-11-25)24-18-26-27(28(37)19-24)20-43(33(26)45)31(32(44)40-35-38-13-17-48-35)30-29-7-5-15-42(29)21-39-30/h8-11,13,17-19,21,23,31H,4-7,12,14-16,20H2,1-3H3,(H,38,40,44). The Hall–Kier alpha value is -4.58. The molecule has 10 nitrogen and oxygen atoms in total. The Morgan fingerprint density at radius 1 is 1.04 bits per heavy atom. The molecule has 0 radical (unpaired) electrons. The Kier molecular flexibility index (Phi) is 8.53. The summed E-state index contributed by atoms with van der Waals surface area (Å²) in [6.45, 7) is 7.99. The fourth-order valence-electron chi connectivity index (χ4n) is 7.01. The number of carbonyl (C=O) groups is 3. The number of hydrogen-bond acceptors (Lipinski definition) is 8. The first kappa shape index (κ1) is 32.0. The van der Waals surface area contributed by atoms with Gasteiger partial charge in [-0.2, -0.15) is 0 Å². The molecule has 12 heteroatoms. The van der Waals surface area contributed by atoms with Crippen molar-refractivity contribution < 1.29 is 23.5 Å². The minimum absolute atomic E-state index is 0.0409. The van der Waals surface area contributed by atoms with E-state index in [0.717, 1.165) is 68.7 Å². The van der Waals surface area contributed by atoms with Gasteiger partial charge in [0.05, 0.1) is 24.5 Å². The average molecular weight is 671 g/mol. The van der Waals surface area contributed by atoms with Crippen LogP contribution >= 0.6 is 11.3 Å². The molecule has 3 aliphatic rings. The molecule has 250 valence electrons. The van der Waals surface area contributed by atoms with Crippen molar-refractivity contribution >= 4 is 39.9 Å². The van der Waals surface area contributed by atoms with E-state index in [1.54, 1.807) is 24.0 Å². The highest BCUT2D eigenvalue weighted by Crippen LogP contribution is 2.38. The van der Waals surface area contributed by atoms with Gasteiger partial charge in [0.25, 0.3) is 11.8 Å². The van der Waals surface area contributed by atoms with Crippen molar-refractivity contribution in [1.29, 1.82) is 0 Å². The number of nitrogens with zero attached hydrogens (tertiary/aromatic N) is 5. The summed E-state index contributed by atoms with van der Waals surface area (Å²) in [5, 5.41) is 5.02. The molecule has 0 spiro atoms. The second-order valence-electron chi connectivity index (χ2n) is 13.7. The lowest BCUT2D eigenvalue weighted by atomic mass is 9.99. The van der Waals surface area contributed by atoms with Gasteiger partial charge in [0.15, 0.2) is 11.2 Å². The predicted molar refractivity (Wildman–Crippen MR) is 181 cm³/mol. The molecule has 0 saturated carbocycles. The number of anilines is 2. The highest BCUT2D eigenvalue weighted by atomic mass is 32.1. The number of hydrogen-bond donors (Lipinski definition) is 1. The van der Waals surface area contributed by atoms with Gasteiger partial charge in [0.2, 0.25) is 0 Å². The summed E-state index contributed by atoms with van der Waals surface area (Å²) in [7, 11) is 0. The number of carbonyl (C=O) groups excluding carboxylic acids is 3. The Morgan fingerprint density at radius 2 is 1.85 bits per heavy atom. The first-order valence-corrected chi connectivity index (χ1v) is 17.4. The molecule has 2 unspecified atom stereocenters. The number of esters is 1. The number of rotatable bonds is 7. The highest BCUT2D eigenvalue weighted by Gasteiger charge is 2.42. The van der Waals surface area contributed by atoms with Crippen LogP contribution in [0.4, 0.5) is 15.2 Å². The zero-order valence-corrected chi connectivity index (χ0v) is 28.2. The molecular weight excluding hydrogens is 631 g/mol. The lowest BCUT2D eigenvalue weighted by molar-refractivity contribution is -0.160. The number of aryl methyl sites for hydroxylation is 1. The van der Waals surface area contributed by atoms with Crippen LogP contribution < -0.4 is 10.2 Å². The van der Waals surface area contributed by atoms with Crippen molar-refractivity contribution in [1.82, 2.24) is 19.4 Å². The number of amides is 2. The minimum Gasteiger partial charge on any atom is -0.460 e. The summed E-state index contributed by atoms with van der Waals surface area (Å²) in [6, 6.07) is 10.0. The number of benzene rings is 2. The van der Waals surface area contributed by atoms with E-state index < -0.39 is 29.3 Å². The molecule has 1 saturated heterocycles. The van der Waals surface area contributed by atoms with Crippen molar-refractivity contribution in [3.63, 3.8) is 0 Å². The predicted octanol–water partition coefficient (Wildman–Crippen LogP) is 6.38. The fourth-order valence-corrected chi connectivity index (χ4v) is 7.54. The zero-order chi connectivity index (χ0) is 33.6. The molecule has 2 atom stereocenters. The molecule has 3 aliphatic heterocycles. The van der Waals surface area contributed by atoms with Gasteiger partial charge in [-0.1, -0.05) is 12.1 Å². The zero-order valence-electron chi connectivity index (χ0n) is 27.4. The Bertz CT molecular complexity index is 1850. The van der Waals surface area contributed by atoms with Crippen LogP contribution in [0.1, 0.15) is 79.8 Å². The maximum absolute atomic E-state index is 15.8. The molecule has 1 N–H and O–H groups in total. The second kappa shape index (κ2) is 12.8. The normalized spacial score (nSPS) is 18.3. The number of aromatic nitrogens is 3. The third-order valence-electron chi connectivity index (χ3n) is 9.32. The molecule has 5 heterocycles. The van der Waals surface area contributed by atoms with Crippen LogP contribution in [-0.4, -0.2) is 55.9 Å². The number of imidazole rings is 1. The quantitative estimate of drug-likeness (QED) is 0.228. The topological polar surface area (TPSA) is 110 Å². The molecular formula is C36H39FN6O4S. The summed E-state index contributed by atoms with van der Waals surface area (Å²) in [4.78, 5) is 52.9. The van der Waals surface area contributed by atoms with Crippen LogP contribution in [0.15, 0.2) is 54.3 Å². The van der Waals surface area contributed by atoms with E-state index in [-0.39, 0.29) is 29.6 Å². The van der Waals surface area contributed by atoms with Crippen molar-refractivity contribution in [3.05, 3.63) is 82.6 Å². The van der Waals surface area contributed by atoms with Crippen molar-refractivity contribution in [3.8, 4) is 11.1 Å². The summed E-state index contributed by atoms with van der Waals surface area (Å²) in [5.74, 6) is -1.58. The van der Waals surface area contributed by atoms with Crippen molar-refractivity contribution in [2.24, 2.45) is 5.92 Å². The van der Waals surface area contributed by atoms with Crippen molar-refractivity contribution in [2.45, 2.75) is 77.6 Å². The second-order valence-corrected chi connectivity index (χ2v) is 14.6. The monoisotopic (exact) mass is 670 g/mol. The van der Waals surface area contributed by atoms with E-state index in [4.69, 9.17) is 4.74 Å².